The molecule has 0 amide bonds. The zero-order valence-corrected chi connectivity index (χ0v) is 11.7. The third-order valence-electron chi connectivity index (χ3n) is 3.09. The summed E-state index contributed by atoms with van der Waals surface area (Å²) in [7, 11) is 0. The van der Waals surface area contributed by atoms with Crippen molar-refractivity contribution in [2.75, 3.05) is 0 Å². The van der Waals surface area contributed by atoms with Gasteiger partial charge >= 0.3 is 0 Å². The molecule has 0 aliphatic heterocycles. The van der Waals surface area contributed by atoms with Crippen molar-refractivity contribution >= 4 is 11.3 Å². The van der Waals surface area contributed by atoms with Gasteiger partial charge in [-0.3, -0.25) is 0 Å². The molecule has 0 saturated heterocycles. The normalized spacial score (nSPS) is 12.9. The summed E-state index contributed by atoms with van der Waals surface area (Å²) in [6, 6.07) is 0.649. The van der Waals surface area contributed by atoms with E-state index >= 15 is 0 Å². The predicted molar refractivity (Wildman–Crippen MR) is 74.1 cm³/mol. The van der Waals surface area contributed by atoms with Crippen LogP contribution >= 0.6 is 11.3 Å². The minimum absolute atomic E-state index is 0.649. The molecule has 0 aromatic carbocycles. The lowest BCUT2D eigenvalue weighted by molar-refractivity contribution is 0.482. The van der Waals surface area contributed by atoms with Crippen molar-refractivity contribution in [1.29, 1.82) is 0 Å². The molecule has 1 unspecified atom stereocenters. The van der Waals surface area contributed by atoms with Crippen molar-refractivity contribution in [2.45, 2.75) is 65.5 Å². The quantitative estimate of drug-likeness (QED) is 0.658. The third-order valence-corrected chi connectivity index (χ3v) is 4.00. The number of unbranched alkanes of at least 4 members (excludes halogenated alkanes) is 3. The SMILES string of the molecule is CCCCCCC(C)NCc1cscc1C. The average Bonchev–Trinajstić information content (AvgIpc) is 2.67. The lowest BCUT2D eigenvalue weighted by atomic mass is 10.1. The van der Waals surface area contributed by atoms with Gasteiger partial charge in [0.05, 0.1) is 0 Å². The molecular weight excluding hydrogens is 214 g/mol. The summed E-state index contributed by atoms with van der Waals surface area (Å²) in [5, 5.41) is 8.09. The van der Waals surface area contributed by atoms with E-state index in [4.69, 9.17) is 0 Å². The molecule has 0 bridgehead atoms. The van der Waals surface area contributed by atoms with Gasteiger partial charge in [-0.05, 0) is 42.2 Å². The maximum Gasteiger partial charge on any atom is 0.0218 e. The fourth-order valence-corrected chi connectivity index (χ4v) is 2.69. The molecule has 0 saturated carbocycles. The topological polar surface area (TPSA) is 12.0 Å². The number of aryl methyl sites for hydroxylation is 1. The molecular formula is C14H25NS. The molecule has 0 spiro atoms. The fourth-order valence-electron chi connectivity index (χ4n) is 1.83. The van der Waals surface area contributed by atoms with Crippen LogP contribution in [0.15, 0.2) is 10.8 Å². The number of hydrogen-bond donors (Lipinski definition) is 1. The summed E-state index contributed by atoms with van der Waals surface area (Å²) in [5.41, 5.74) is 2.89. The van der Waals surface area contributed by atoms with Crippen LogP contribution in [0.4, 0.5) is 0 Å². The van der Waals surface area contributed by atoms with E-state index in [1.165, 1.54) is 43.2 Å². The molecule has 1 rings (SSSR count). The molecule has 1 aromatic rings. The molecule has 1 nitrogen and oxygen atoms in total. The van der Waals surface area contributed by atoms with Crippen LogP contribution in [0.3, 0.4) is 0 Å². The Kier molecular flexibility index (Phi) is 6.74. The lowest BCUT2D eigenvalue weighted by Crippen LogP contribution is -2.25. The van der Waals surface area contributed by atoms with Crippen molar-refractivity contribution in [2.24, 2.45) is 0 Å². The molecule has 1 aromatic heterocycles. The standard InChI is InChI=1S/C14H25NS/c1-4-5-6-7-8-13(3)15-9-14-11-16-10-12(14)2/h10-11,13,15H,4-9H2,1-3H3. The summed E-state index contributed by atoms with van der Waals surface area (Å²) in [6.07, 6.45) is 6.78. The first kappa shape index (κ1) is 13.7. The molecule has 0 fully saturated rings. The van der Waals surface area contributed by atoms with Gasteiger partial charge in [0.1, 0.15) is 0 Å². The van der Waals surface area contributed by atoms with E-state index in [0.717, 1.165) is 6.54 Å². The summed E-state index contributed by atoms with van der Waals surface area (Å²) in [6.45, 7) is 7.79. The zero-order valence-electron chi connectivity index (χ0n) is 10.9. The second kappa shape index (κ2) is 7.86. The van der Waals surface area contributed by atoms with Crippen molar-refractivity contribution < 1.29 is 0 Å². The van der Waals surface area contributed by atoms with Gasteiger partial charge < -0.3 is 5.32 Å². The van der Waals surface area contributed by atoms with E-state index < -0.39 is 0 Å². The number of hydrogen-bond acceptors (Lipinski definition) is 2. The molecule has 0 radical (unpaired) electrons. The second-order valence-corrected chi connectivity index (χ2v) is 5.45. The van der Waals surface area contributed by atoms with E-state index in [0.29, 0.717) is 6.04 Å². The summed E-state index contributed by atoms with van der Waals surface area (Å²) in [4.78, 5) is 0. The van der Waals surface area contributed by atoms with Crippen LogP contribution < -0.4 is 5.32 Å². The van der Waals surface area contributed by atoms with Gasteiger partial charge in [-0.2, -0.15) is 11.3 Å². The van der Waals surface area contributed by atoms with E-state index in [9.17, 15) is 0 Å². The van der Waals surface area contributed by atoms with Crippen molar-refractivity contribution in [3.63, 3.8) is 0 Å². The van der Waals surface area contributed by atoms with E-state index in [-0.39, 0.29) is 0 Å². The van der Waals surface area contributed by atoms with Crippen LogP contribution in [0.2, 0.25) is 0 Å². The summed E-state index contributed by atoms with van der Waals surface area (Å²) < 4.78 is 0. The highest BCUT2D eigenvalue weighted by atomic mass is 32.1. The number of thiophene rings is 1. The molecule has 2 heteroatoms. The van der Waals surface area contributed by atoms with Crippen LogP contribution in [-0.2, 0) is 6.54 Å². The predicted octanol–water partition coefficient (Wildman–Crippen LogP) is 4.51. The smallest absolute Gasteiger partial charge is 0.0218 e. The van der Waals surface area contributed by atoms with Crippen LogP contribution in [-0.4, -0.2) is 6.04 Å². The van der Waals surface area contributed by atoms with Gasteiger partial charge in [0.25, 0.3) is 0 Å². The maximum absolute atomic E-state index is 3.61. The molecule has 1 N–H and O–H groups in total. The first-order valence-corrected chi connectivity index (χ1v) is 7.43. The third kappa shape index (κ3) is 5.13. The maximum atomic E-state index is 3.61. The molecule has 92 valence electrons. The summed E-state index contributed by atoms with van der Waals surface area (Å²) >= 11 is 1.80. The Balaban J connectivity index is 2.10. The molecule has 1 heterocycles. The van der Waals surface area contributed by atoms with Gasteiger partial charge in [-0.25, -0.2) is 0 Å². The monoisotopic (exact) mass is 239 g/mol. The van der Waals surface area contributed by atoms with Crippen LogP contribution in [0.1, 0.15) is 57.1 Å². The average molecular weight is 239 g/mol. The van der Waals surface area contributed by atoms with E-state index in [1.807, 2.05) is 0 Å². The Morgan fingerprint density at radius 2 is 2.06 bits per heavy atom. The first-order valence-electron chi connectivity index (χ1n) is 6.49. The van der Waals surface area contributed by atoms with Crippen LogP contribution in [0.5, 0.6) is 0 Å². The van der Waals surface area contributed by atoms with Gasteiger partial charge in [-0.15, -0.1) is 0 Å². The van der Waals surface area contributed by atoms with Gasteiger partial charge in [-0.1, -0.05) is 32.6 Å². The van der Waals surface area contributed by atoms with Crippen molar-refractivity contribution in [3.8, 4) is 0 Å². The Morgan fingerprint density at radius 3 is 2.69 bits per heavy atom. The zero-order chi connectivity index (χ0) is 11.8. The highest BCUT2D eigenvalue weighted by Crippen LogP contribution is 2.14. The Hall–Kier alpha value is -0.340. The molecule has 0 aliphatic rings. The first-order chi connectivity index (χ1) is 7.74. The molecule has 1 atom stereocenters. The highest BCUT2D eigenvalue weighted by molar-refractivity contribution is 7.08. The minimum Gasteiger partial charge on any atom is -0.310 e. The van der Waals surface area contributed by atoms with Gasteiger partial charge in [0, 0.05) is 12.6 Å². The Bertz CT molecular complexity index is 280. The number of rotatable bonds is 8. The van der Waals surface area contributed by atoms with Crippen LogP contribution in [0, 0.1) is 6.92 Å². The van der Waals surface area contributed by atoms with E-state index in [2.05, 4.69) is 36.8 Å². The minimum atomic E-state index is 0.649. The van der Waals surface area contributed by atoms with Gasteiger partial charge in [0.15, 0.2) is 0 Å². The fraction of sp³-hybridized carbons (Fsp3) is 0.714. The lowest BCUT2D eigenvalue weighted by Gasteiger charge is -2.13. The number of nitrogens with one attached hydrogen (secondary N) is 1. The van der Waals surface area contributed by atoms with Crippen LogP contribution in [0.25, 0.3) is 0 Å². The largest absolute Gasteiger partial charge is 0.310 e. The highest BCUT2D eigenvalue weighted by Gasteiger charge is 2.03. The van der Waals surface area contributed by atoms with E-state index in [1.54, 1.807) is 11.3 Å². The summed E-state index contributed by atoms with van der Waals surface area (Å²) in [5.74, 6) is 0. The molecule has 0 aliphatic carbocycles. The Labute approximate surface area is 104 Å². The Morgan fingerprint density at radius 1 is 1.25 bits per heavy atom. The van der Waals surface area contributed by atoms with Gasteiger partial charge in [0.2, 0.25) is 0 Å². The van der Waals surface area contributed by atoms with Crippen molar-refractivity contribution in [3.05, 3.63) is 21.9 Å². The van der Waals surface area contributed by atoms with Crippen molar-refractivity contribution in [1.82, 2.24) is 5.32 Å². The second-order valence-electron chi connectivity index (χ2n) is 4.71. The molecule has 16 heavy (non-hydrogen) atoms.